The van der Waals surface area contributed by atoms with Crippen molar-refractivity contribution in [2.75, 3.05) is 0 Å². The molecule has 0 bridgehead atoms. The summed E-state index contributed by atoms with van der Waals surface area (Å²) in [6.07, 6.45) is 1.36. The van der Waals surface area contributed by atoms with Crippen LogP contribution >= 0.6 is 0 Å². The van der Waals surface area contributed by atoms with Gasteiger partial charge in [-0.15, -0.1) is 0 Å². The maximum Gasteiger partial charge on any atom is 0.353 e. The largest absolute Gasteiger partial charge is 0.477 e. The summed E-state index contributed by atoms with van der Waals surface area (Å²) in [5.74, 6) is -1.04. The van der Waals surface area contributed by atoms with Crippen LogP contribution in [0.2, 0.25) is 0 Å². The molecule has 0 unspecified atom stereocenters. The maximum absolute atomic E-state index is 10.7. The van der Waals surface area contributed by atoms with Crippen LogP contribution in [-0.4, -0.2) is 26.3 Å². The molecule has 3 aromatic rings. The molecule has 0 aliphatic rings. The third kappa shape index (κ3) is 1.55. The molecule has 2 heterocycles. The minimum absolute atomic E-state index is 0.0558. The van der Waals surface area contributed by atoms with Crippen molar-refractivity contribution in [1.29, 1.82) is 0 Å². The van der Waals surface area contributed by atoms with Crippen molar-refractivity contribution in [3.63, 3.8) is 0 Å². The number of aromatic amines is 1. The molecule has 0 radical (unpaired) electrons. The first-order valence-electron chi connectivity index (χ1n) is 4.86. The van der Waals surface area contributed by atoms with E-state index in [1.165, 1.54) is 12.5 Å². The molecule has 0 saturated carbocycles. The lowest BCUT2D eigenvalue weighted by atomic mass is 10.1. The summed E-state index contributed by atoms with van der Waals surface area (Å²) < 4.78 is 5.12. The lowest BCUT2D eigenvalue weighted by Crippen LogP contribution is -1.95. The number of hydrogen-bond acceptors (Lipinski definition) is 4. The smallest absolute Gasteiger partial charge is 0.353 e. The zero-order valence-corrected chi connectivity index (χ0v) is 8.54. The van der Waals surface area contributed by atoms with E-state index in [9.17, 15) is 4.79 Å². The summed E-state index contributed by atoms with van der Waals surface area (Å²) in [5.41, 5.74) is 2.80. The third-order valence-electron chi connectivity index (χ3n) is 2.43. The fourth-order valence-corrected chi connectivity index (χ4v) is 1.60. The SMILES string of the molecule is O=C(O)c1cc(-c2ccc3ocnc3c2)n[nH]1. The van der Waals surface area contributed by atoms with Gasteiger partial charge in [0.25, 0.3) is 0 Å². The molecule has 2 N–H and O–H groups in total. The summed E-state index contributed by atoms with van der Waals surface area (Å²) in [6.45, 7) is 0. The number of carbonyl (C=O) groups is 1. The molecule has 6 nitrogen and oxygen atoms in total. The Morgan fingerprint density at radius 2 is 2.24 bits per heavy atom. The van der Waals surface area contributed by atoms with Crippen molar-refractivity contribution >= 4 is 17.1 Å². The van der Waals surface area contributed by atoms with Crippen molar-refractivity contribution in [3.05, 3.63) is 36.4 Å². The van der Waals surface area contributed by atoms with Gasteiger partial charge in [0.05, 0.1) is 5.69 Å². The zero-order chi connectivity index (χ0) is 11.8. The molecule has 0 fully saturated rings. The number of fused-ring (bicyclic) bond motifs is 1. The molecule has 0 amide bonds. The molecule has 6 heteroatoms. The van der Waals surface area contributed by atoms with E-state index in [-0.39, 0.29) is 5.69 Å². The van der Waals surface area contributed by atoms with E-state index >= 15 is 0 Å². The minimum Gasteiger partial charge on any atom is -0.477 e. The number of aromatic carboxylic acids is 1. The molecule has 17 heavy (non-hydrogen) atoms. The lowest BCUT2D eigenvalue weighted by Gasteiger charge is -1.94. The van der Waals surface area contributed by atoms with E-state index < -0.39 is 5.97 Å². The molecule has 0 atom stereocenters. The number of carboxylic acids is 1. The molecule has 0 aliphatic heterocycles. The van der Waals surface area contributed by atoms with Crippen LogP contribution < -0.4 is 0 Å². The average Bonchev–Trinajstić information content (AvgIpc) is 2.97. The van der Waals surface area contributed by atoms with Gasteiger partial charge in [0.2, 0.25) is 0 Å². The van der Waals surface area contributed by atoms with Gasteiger partial charge >= 0.3 is 5.97 Å². The second-order valence-electron chi connectivity index (χ2n) is 3.51. The molecular formula is C11H7N3O3. The topological polar surface area (TPSA) is 92.0 Å². The van der Waals surface area contributed by atoms with Gasteiger partial charge in [-0.05, 0) is 24.3 Å². The predicted octanol–water partition coefficient (Wildman–Crippen LogP) is 1.92. The van der Waals surface area contributed by atoms with E-state index in [0.29, 0.717) is 16.8 Å². The number of H-pyrrole nitrogens is 1. The van der Waals surface area contributed by atoms with Gasteiger partial charge in [-0.1, -0.05) is 0 Å². The zero-order valence-electron chi connectivity index (χ0n) is 8.54. The monoisotopic (exact) mass is 229 g/mol. The number of aromatic nitrogens is 3. The molecule has 84 valence electrons. The van der Waals surface area contributed by atoms with Gasteiger partial charge in [0.1, 0.15) is 11.2 Å². The third-order valence-corrected chi connectivity index (χ3v) is 2.43. The highest BCUT2D eigenvalue weighted by Gasteiger charge is 2.10. The first kappa shape index (κ1) is 9.59. The maximum atomic E-state index is 10.7. The molecule has 0 spiro atoms. The average molecular weight is 229 g/mol. The number of nitrogens with zero attached hydrogens (tertiary/aromatic N) is 2. The van der Waals surface area contributed by atoms with Crippen molar-refractivity contribution in [1.82, 2.24) is 15.2 Å². The number of benzene rings is 1. The highest BCUT2D eigenvalue weighted by Crippen LogP contribution is 2.22. The molecule has 1 aromatic carbocycles. The van der Waals surface area contributed by atoms with Crippen molar-refractivity contribution in [2.45, 2.75) is 0 Å². The Bertz CT molecular complexity index is 699. The second kappa shape index (κ2) is 3.44. The van der Waals surface area contributed by atoms with E-state index in [4.69, 9.17) is 9.52 Å². The number of carboxylic acid groups (broad SMARTS) is 1. The molecule has 3 rings (SSSR count). The molecule has 0 saturated heterocycles. The van der Waals surface area contributed by atoms with Gasteiger partial charge in [-0.25, -0.2) is 9.78 Å². The van der Waals surface area contributed by atoms with Gasteiger partial charge < -0.3 is 9.52 Å². The van der Waals surface area contributed by atoms with Crippen LogP contribution in [0, 0.1) is 0 Å². The van der Waals surface area contributed by atoms with Gasteiger partial charge in [-0.3, -0.25) is 5.10 Å². The predicted molar refractivity (Wildman–Crippen MR) is 58.6 cm³/mol. The summed E-state index contributed by atoms with van der Waals surface area (Å²) in [7, 11) is 0. The van der Waals surface area contributed by atoms with Gasteiger partial charge in [-0.2, -0.15) is 5.10 Å². The van der Waals surface area contributed by atoms with E-state index in [1.54, 1.807) is 18.2 Å². The molecule has 0 aliphatic carbocycles. The number of oxazole rings is 1. The number of hydrogen-bond donors (Lipinski definition) is 2. The van der Waals surface area contributed by atoms with Crippen LogP contribution in [0.3, 0.4) is 0 Å². The first-order valence-corrected chi connectivity index (χ1v) is 4.86. The highest BCUT2D eigenvalue weighted by molar-refractivity contribution is 5.87. The van der Waals surface area contributed by atoms with E-state index in [2.05, 4.69) is 15.2 Å². The van der Waals surface area contributed by atoms with Crippen molar-refractivity contribution in [2.24, 2.45) is 0 Å². The standard InChI is InChI=1S/C11H7N3O3/c15-11(16)9-4-7(13-14-9)6-1-2-10-8(3-6)12-5-17-10/h1-5H,(H,13,14)(H,15,16). The normalized spacial score (nSPS) is 10.8. The van der Waals surface area contributed by atoms with Crippen LogP contribution in [0.5, 0.6) is 0 Å². The van der Waals surface area contributed by atoms with E-state index in [0.717, 1.165) is 5.56 Å². The summed E-state index contributed by atoms with van der Waals surface area (Å²) >= 11 is 0. The Balaban J connectivity index is 2.09. The lowest BCUT2D eigenvalue weighted by molar-refractivity contribution is 0.0690. The number of rotatable bonds is 2. The Labute approximate surface area is 94.9 Å². The van der Waals surface area contributed by atoms with Crippen LogP contribution in [0.4, 0.5) is 0 Å². The van der Waals surface area contributed by atoms with Crippen molar-refractivity contribution < 1.29 is 14.3 Å². The fraction of sp³-hybridized carbons (Fsp3) is 0. The Kier molecular flexibility index (Phi) is 1.94. The number of nitrogens with one attached hydrogen (secondary N) is 1. The van der Waals surface area contributed by atoms with Crippen LogP contribution in [-0.2, 0) is 0 Å². The summed E-state index contributed by atoms with van der Waals surface area (Å²) in [5, 5.41) is 15.2. The molecule has 2 aromatic heterocycles. The fourth-order valence-electron chi connectivity index (χ4n) is 1.60. The van der Waals surface area contributed by atoms with Crippen LogP contribution in [0.1, 0.15) is 10.5 Å². The second-order valence-corrected chi connectivity index (χ2v) is 3.51. The van der Waals surface area contributed by atoms with E-state index in [1.807, 2.05) is 0 Å². The Hall–Kier alpha value is -2.63. The van der Waals surface area contributed by atoms with Crippen LogP contribution in [0.15, 0.2) is 35.1 Å². The van der Waals surface area contributed by atoms with Gasteiger partial charge in [0, 0.05) is 5.56 Å². The van der Waals surface area contributed by atoms with Crippen molar-refractivity contribution in [3.8, 4) is 11.3 Å². The first-order chi connectivity index (χ1) is 8.24. The summed E-state index contributed by atoms with van der Waals surface area (Å²) in [6, 6.07) is 6.84. The highest BCUT2D eigenvalue weighted by atomic mass is 16.4. The quantitative estimate of drug-likeness (QED) is 0.700. The molecular weight excluding hydrogens is 222 g/mol. The van der Waals surface area contributed by atoms with Crippen LogP contribution in [0.25, 0.3) is 22.4 Å². The van der Waals surface area contributed by atoms with Gasteiger partial charge in [0.15, 0.2) is 12.0 Å². The summed E-state index contributed by atoms with van der Waals surface area (Å²) in [4.78, 5) is 14.7. The Morgan fingerprint density at radius 1 is 1.35 bits per heavy atom. The minimum atomic E-state index is -1.04. The Morgan fingerprint density at radius 3 is 3.00 bits per heavy atom.